The van der Waals surface area contributed by atoms with Crippen LogP contribution in [0.4, 0.5) is 4.39 Å². The van der Waals surface area contributed by atoms with Crippen LogP contribution in [0.25, 0.3) is 11.0 Å². The minimum atomic E-state index is -0.977. The van der Waals surface area contributed by atoms with Crippen molar-refractivity contribution in [3.05, 3.63) is 88.1 Å². The Morgan fingerprint density at radius 2 is 2.00 bits per heavy atom. The zero-order valence-electron chi connectivity index (χ0n) is 22.8. The highest BCUT2D eigenvalue weighted by Gasteiger charge is 2.38. The third kappa shape index (κ3) is 5.68. The molecule has 216 valence electrons. The van der Waals surface area contributed by atoms with Crippen LogP contribution in [0.1, 0.15) is 46.7 Å². The number of imidazole rings is 1. The molecule has 0 amide bonds. The summed E-state index contributed by atoms with van der Waals surface area (Å²) in [5, 5.41) is 20.1. The molecular formula is C31H29ClFN5O4. The van der Waals surface area contributed by atoms with Crippen molar-refractivity contribution in [2.24, 2.45) is 0 Å². The lowest BCUT2D eigenvalue weighted by molar-refractivity contribution is -0.0592. The molecule has 1 unspecified atom stereocenters. The van der Waals surface area contributed by atoms with E-state index in [9.17, 15) is 19.6 Å². The van der Waals surface area contributed by atoms with Gasteiger partial charge in [-0.2, -0.15) is 5.26 Å². The molecule has 4 heterocycles. The molecule has 2 fully saturated rings. The second-order valence-electron chi connectivity index (χ2n) is 10.8. The second kappa shape index (κ2) is 11.7. The van der Waals surface area contributed by atoms with Gasteiger partial charge in [-0.15, -0.1) is 0 Å². The Morgan fingerprint density at radius 3 is 2.69 bits per heavy atom. The first-order valence-electron chi connectivity index (χ1n) is 13.9. The smallest absolute Gasteiger partial charge is 0.335 e. The maximum absolute atomic E-state index is 14.2. The van der Waals surface area contributed by atoms with E-state index < -0.39 is 17.2 Å². The number of aromatic nitrogens is 3. The number of carboxylic acid groups (broad SMARTS) is 1. The molecule has 9 nitrogen and oxygen atoms in total. The van der Waals surface area contributed by atoms with Crippen molar-refractivity contribution in [2.45, 2.75) is 50.5 Å². The monoisotopic (exact) mass is 589 g/mol. The van der Waals surface area contributed by atoms with E-state index >= 15 is 0 Å². The number of piperidine rings is 1. The molecule has 2 aliphatic heterocycles. The van der Waals surface area contributed by atoms with Gasteiger partial charge in [0.1, 0.15) is 23.7 Å². The maximum atomic E-state index is 14.2. The predicted octanol–water partition coefficient (Wildman–Crippen LogP) is 5.35. The minimum absolute atomic E-state index is 0.00631. The molecule has 42 heavy (non-hydrogen) atoms. The lowest BCUT2D eigenvalue weighted by atomic mass is 9.76. The summed E-state index contributed by atoms with van der Waals surface area (Å²) in [6.07, 6.45) is 2.18. The first-order chi connectivity index (χ1) is 20.3. The summed E-state index contributed by atoms with van der Waals surface area (Å²) in [6, 6.07) is 17.3. The van der Waals surface area contributed by atoms with Crippen LogP contribution >= 0.6 is 11.6 Å². The van der Waals surface area contributed by atoms with Crippen molar-refractivity contribution < 1.29 is 23.8 Å². The van der Waals surface area contributed by atoms with E-state index in [2.05, 4.69) is 20.5 Å². The van der Waals surface area contributed by atoms with Crippen LogP contribution in [0, 0.1) is 17.1 Å². The molecule has 0 spiro atoms. The Balaban J connectivity index is 1.16. The minimum Gasteiger partial charge on any atom is -0.478 e. The fourth-order valence-corrected chi connectivity index (χ4v) is 5.69. The average Bonchev–Trinajstić information content (AvgIpc) is 3.31. The second-order valence-corrected chi connectivity index (χ2v) is 11.2. The van der Waals surface area contributed by atoms with Crippen LogP contribution in [0.3, 0.4) is 0 Å². The van der Waals surface area contributed by atoms with Crippen molar-refractivity contribution in [1.29, 1.82) is 5.26 Å². The lowest BCUT2D eigenvalue weighted by Crippen LogP contribution is -2.42. The number of carboxylic acids is 1. The zero-order valence-corrected chi connectivity index (χ0v) is 23.6. The van der Waals surface area contributed by atoms with Crippen molar-refractivity contribution in [1.82, 2.24) is 19.4 Å². The third-order valence-corrected chi connectivity index (χ3v) is 8.38. The molecule has 0 bridgehead atoms. The molecule has 2 aromatic heterocycles. The molecule has 0 radical (unpaired) electrons. The van der Waals surface area contributed by atoms with Crippen LogP contribution < -0.4 is 4.74 Å². The van der Waals surface area contributed by atoms with Crippen LogP contribution in [-0.4, -0.2) is 56.3 Å². The number of fused-ring (bicyclic) bond motifs is 1. The number of nitrogens with zero attached hydrogens (tertiary/aromatic N) is 5. The van der Waals surface area contributed by atoms with Crippen molar-refractivity contribution in [3.63, 3.8) is 0 Å². The van der Waals surface area contributed by atoms with E-state index in [4.69, 9.17) is 26.1 Å². The van der Waals surface area contributed by atoms with Gasteiger partial charge in [-0.1, -0.05) is 23.7 Å². The Morgan fingerprint density at radius 1 is 1.19 bits per heavy atom. The van der Waals surface area contributed by atoms with Gasteiger partial charge in [0.15, 0.2) is 0 Å². The predicted molar refractivity (Wildman–Crippen MR) is 153 cm³/mol. The normalized spacial score (nSPS) is 18.4. The van der Waals surface area contributed by atoms with Crippen molar-refractivity contribution in [3.8, 4) is 11.9 Å². The molecule has 1 N–H and O–H groups in total. The molecular weight excluding hydrogens is 561 g/mol. The number of rotatable bonds is 9. The number of pyridine rings is 1. The summed E-state index contributed by atoms with van der Waals surface area (Å²) in [4.78, 5) is 23.3. The van der Waals surface area contributed by atoms with Crippen molar-refractivity contribution >= 4 is 28.6 Å². The number of aromatic carboxylic acids is 1. The van der Waals surface area contributed by atoms with Gasteiger partial charge >= 0.3 is 5.97 Å². The summed E-state index contributed by atoms with van der Waals surface area (Å²) in [5.41, 5.74) is 1.97. The highest BCUT2D eigenvalue weighted by Crippen LogP contribution is 2.35. The number of carbonyl (C=O) groups is 1. The first kappa shape index (κ1) is 28.1. The van der Waals surface area contributed by atoms with Gasteiger partial charge in [0.05, 0.1) is 47.6 Å². The molecule has 11 heteroatoms. The Labute approximate surface area is 247 Å². The number of benzene rings is 2. The van der Waals surface area contributed by atoms with E-state index in [-0.39, 0.29) is 18.3 Å². The number of hydrogen-bond donors (Lipinski definition) is 1. The molecule has 0 aliphatic carbocycles. The number of likely N-dealkylation sites (tertiary alicyclic amines) is 1. The van der Waals surface area contributed by atoms with Gasteiger partial charge in [-0.25, -0.2) is 19.2 Å². The molecule has 1 atom stereocenters. The highest BCUT2D eigenvalue weighted by atomic mass is 35.5. The summed E-state index contributed by atoms with van der Waals surface area (Å²) in [5.74, 6) is -0.257. The number of ether oxygens (including phenoxy) is 2. The fourth-order valence-electron chi connectivity index (χ4n) is 5.53. The first-order valence-corrected chi connectivity index (χ1v) is 14.2. The molecule has 0 saturated carbocycles. The van der Waals surface area contributed by atoms with Crippen LogP contribution in [-0.2, 0) is 29.8 Å². The van der Waals surface area contributed by atoms with Gasteiger partial charge in [0.2, 0.25) is 5.88 Å². The Bertz CT molecular complexity index is 1670. The number of hydrogen-bond acceptors (Lipinski definition) is 7. The van der Waals surface area contributed by atoms with E-state index in [1.807, 2.05) is 6.07 Å². The Kier molecular flexibility index (Phi) is 7.82. The maximum Gasteiger partial charge on any atom is 0.335 e. The number of halogens is 2. The fraction of sp³-hybridized carbons (Fsp3) is 0.355. The van der Waals surface area contributed by atoms with Gasteiger partial charge in [0, 0.05) is 36.3 Å². The highest BCUT2D eigenvalue weighted by molar-refractivity contribution is 6.30. The summed E-state index contributed by atoms with van der Waals surface area (Å²) >= 11 is 5.84. The summed E-state index contributed by atoms with van der Waals surface area (Å²) < 4.78 is 27.7. The van der Waals surface area contributed by atoms with E-state index in [0.29, 0.717) is 61.2 Å². The molecule has 2 saturated heterocycles. The SMILES string of the molecule is N#CC1(c2cccc(OCc3ccc(Cl)cc3F)n2)CCN(Cc2nc3ccc(C(=O)O)cc3n2CC2CCO2)CC1. The van der Waals surface area contributed by atoms with Gasteiger partial charge in [0.25, 0.3) is 0 Å². The van der Waals surface area contributed by atoms with E-state index in [1.54, 1.807) is 42.5 Å². The van der Waals surface area contributed by atoms with Crippen LogP contribution in [0.2, 0.25) is 5.02 Å². The largest absolute Gasteiger partial charge is 0.478 e. The standard InChI is InChI=1S/C31H29ClFN5O4/c32-22-6-4-21(24(33)15-22)18-42-29-3-1-2-27(36-29)31(19-34)9-11-37(12-10-31)17-28-35-25-7-5-20(30(39)40)14-26(25)38(28)16-23-8-13-41-23/h1-7,14-15,23H,8-13,16-18H2,(H,39,40). The molecule has 6 rings (SSSR count). The lowest BCUT2D eigenvalue weighted by Gasteiger charge is -2.37. The van der Waals surface area contributed by atoms with Crippen LogP contribution in [0.5, 0.6) is 5.88 Å². The zero-order chi connectivity index (χ0) is 29.3. The molecule has 2 aliphatic rings. The van der Waals surface area contributed by atoms with Gasteiger partial charge in [-0.3, -0.25) is 4.90 Å². The molecule has 4 aromatic rings. The van der Waals surface area contributed by atoms with E-state index in [0.717, 1.165) is 29.9 Å². The van der Waals surface area contributed by atoms with Gasteiger partial charge in [-0.05, 0) is 55.7 Å². The third-order valence-electron chi connectivity index (χ3n) is 8.15. The van der Waals surface area contributed by atoms with E-state index in [1.165, 1.54) is 6.07 Å². The summed E-state index contributed by atoms with van der Waals surface area (Å²) in [7, 11) is 0. The average molecular weight is 590 g/mol. The van der Waals surface area contributed by atoms with Gasteiger partial charge < -0.3 is 19.1 Å². The van der Waals surface area contributed by atoms with Crippen molar-refractivity contribution in [2.75, 3.05) is 19.7 Å². The summed E-state index contributed by atoms with van der Waals surface area (Å²) in [6.45, 7) is 3.21. The van der Waals surface area contributed by atoms with Crippen LogP contribution in [0.15, 0.2) is 54.6 Å². The Hall–Kier alpha value is -4.04. The quantitative estimate of drug-likeness (QED) is 0.278. The topological polar surface area (TPSA) is 114 Å². The number of nitriles is 1. The molecule has 2 aromatic carbocycles.